The molecule has 1 rings (SSSR count). The molecule has 0 aromatic rings. The van der Waals surface area contributed by atoms with Crippen LogP contribution in [0.2, 0.25) is 0 Å². The monoisotopic (exact) mass is 203 g/mol. The van der Waals surface area contributed by atoms with Gasteiger partial charge in [0.05, 0.1) is 19.3 Å². The van der Waals surface area contributed by atoms with Crippen LogP contribution in [0.3, 0.4) is 0 Å². The Bertz CT molecular complexity index is 186. The number of piperidine rings is 1. The van der Waals surface area contributed by atoms with E-state index in [0.29, 0.717) is 13.1 Å². The summed E-state index contributed by atoms with van der Waals surface area (Å²) in [5.41, 5.74) is 0. The normalized spacial score (nSPS) is 22.1. The predicted octanol–water partition coefficient (Wildman–Crippen LogP) is 0.226. The Hall–Kier alpha value is -0.810. The first-order valence-electron chi connectivity index (χ1n) is 4.83. The van der Waals surface area contributed by atoms with Crippen molar-refractivity contribution in [2.24, 2.45) is 0 Å². The summed E-state index contributed by atoms with van der Waals surface area (Å²) in [6, 6.07) is 0. The van der Waals surface area contributed by atoms with Crippen LogP contribution in [0.5, 0.6) is 0 Å². The molecule has 0 aromatic carbocycles. The van der Waals surface area contributed by atoms with E-state index < -0.39 is 0 Å². The predicted molar refractivity (Wildman–Crippen MR) is 50.0 cm³/mol. The molecule has 1 aliphatic rings. The molecule has 1 unspecified atom stereocenters. The van der Waals surface area contributed by atoms with Crippen LogP contribution in [-0.4, -0.2) is 55.6 Å². The van der Waals surface area contributed by atoms with Crippen molar-refractivity contribution < 1.29 is 19.4 Å². The molecule has 1 heterocycles. The molecule has 14 heavy (non-hydrogen) atoms. The van der Waals surface area contributed by atoms with Gasteiger partial charge in [-0.15, -0.1) is 0 Å². The molecular weight excluding hydrogens is 186 g/mol. The standard InChI is InChI=1S/C9H17NO4/c1-13-8-3-2-4-10(7-8)9(12)14-6-5-11/h8,11H,2-7H2,1H3. The summed E-state index contributed by atoms with van der Waals surface area (Å²) in [4.78, 5) is 13.0. The van der Waals surface area contributed by atoms with E-state index >= 15 is 0 Å². The molecule has 0 bridgehead atoms. The molecule has 1 amide bonds. The van der Waals surface area contributed by atoms with Crippen molar-refractivity contribution in [2.75, 3.05) is 33.4 Å². The number of aliphatic hydroxyl groups excluding tert-OH is 1. The van der Waals surface area contributed by atoms with E-state index in [2.05, 4.69) is 0 Å². The lowest BCUT2D eigenvalue weighted by Crippen LogP contribution is -2.43. The number of hydrogen-bond donors (Lipinski definition) is 1. The molecule has 0 radical (unpaired) electrons. The summed E-state index contributed by atoms with van der Waals surface area (Å²) >= 11 is 0. The Morgan fingerprint density at radius 3 is 3.07 bits per heavy atom. The van der Waals surface area contributed by atoms with Crippen molar-refractivity contribution in [2.45, 2.75) is 18.9 Å². The highest BCUT2D eigenvalue weighted by Gasteiger charge is 2.23. The van der Waals surface area contributed by atoms with E-state index in [1.54, 1.807) is 12.0 Å². The fraction of sp³-hybridized carbons (Fsp3) is 0.889. The quantitative estimate of drug-likeness (QED) is 0.713. The zero-order valence-corrected chi connectivity index (χ0v) is 8.44. The van der Waals surface area contributed by atoms with Crippen molar-refractivity contribution in [1.82, 2.24) is 4.90 Å². The number of amides is 1. The third-order valence-corrected chi connectivity index (χ3v) is 2.29. The van der Waals surface area contributed by atoms with Gasteiger partial charge in [0.15, 0.2) is 0 Å². The number of carbonyl (C=O) groups is 1. The van der Waals surface area contributed by atoms with Gasteiger partial charge in [0.1, 0.15) is 6.61 Å². The minimum Gasteiger partial charge on any atom is -0.447 e. The van der Waals surface area contributed by atoms with E-state index in [4.69, 9.17) is 14.6 Å². The first-order valence-corrected chi connectivity index (χ1v) is 4.83. The molecule has 5 heteroatoms. The number of ether oxygens (including phenoxy) is 2. The van der Waals surface area contributed by atoms with Crippen molar-refractivity contribution in [3.8, 4) is 0 Å². The number of nitrogens with zero attached hydrogens (tertiary/aromatic N) is 1. The Labute approximate surface area is 83.6 Å². The second-order valence-corrected chi connectivity index (χ2v) is 3.28. The zero-order valence-electron chi connectivity index (χ0n) is 8.44. The molecule has 1 aliphatic heterocycles. The van der Waals surface area contributed by atoms with Crippen LogP contribution in [0.4, 0.5) is 4.79 Å². The molecular formula is C9H17NO4. The third kappa shape index (κ3) is 3.16. The van der Waals surface area contributed by atoms with Crippen molar-refractivity contribution >= 4 is 6.09 Å². The molecule has 0 aliphatic carbocycles. The van der Waals surface area contributed by atoms with Gasteiger partial charge in [-0.2, -0.15) is 0 Å². The van der Waals surface area contributed by atoms with Gasteiger partial charge in [0.25, 0.3) is 0 Å². The molecule has 1 fully saturated rings. The fourth-order valence-electron chi connectivity index (χ4n) is 1.52. The SMILES string of the molecule is COC1CCCN(C(=O)OCCO)C1. The smallest absolute Gasteiger partial charge is 0.409 e. The zero-order chi connectivity index (χ0) is 10.4. The maximum atomic E-state index is 11.4. The molecule has 0 saturated carbocycles. The van der Waals surface area contributed by atoms with E-state index in [1.165, 1.54) is 0 Å². The van der Waals surface area contributed by atoms with Gasteiger partial charge in [0, 0.05) is 13.7 Å². The summed E-state index contributed by atoms with van der Waals surface area (Å²) in [5.74, 6) is 0. The Morgan fingerprint density at radius 1 is 1.64 bits per heavy atom. The van der Waals surface area contributed by atoms with Crippen LogP contribution >= 0.6 is 0 Å². The Morgan fingerprint density at radius 2 is 2.43 bits per heavy atom. The minimum absolute atomic E-state index is 0.0625. The largest absolute Gasteiger partial charge is 0.447 e. The van der Waals surface area contributed by atoms with Crippen molar-refractivity contribution in [3.05, 3.63) is 0 Å². The molecule has 0 spiro atoms. The average Bonchev–Trinajstić information content (AvgIpc) is 2.26. The number of methoxy groups -OCH3 is 1. The lowest BCUT2D eigenvalue weighted by atomic mass is 10.1. The number of likely N-dealkylation sites (tertiary alicyclic amines) is 1. The first-order chi connectivity index (χ1) is 6.77. The maximum Gasteiger partial charge on any atom is 0.409 e. The van der Waals surface area contributed by atoms with Crippen molar-refractivity contribution in [3.63, 3.8) is 0 Å². The van der Waals surface area contributed by atoms with Gasteiger partial charge >= 0.3 is 6.09 Å². The average molecular weight is 203 g/mol. The Kier molecular flexibility index (Phi) is 4.69. The van der Waals surface area contributed by atoms with Crippen molar-refractivity contribution in [1.29, 1.82) is 0 Å². The molecule has 0 aromatic heterocycles. The van der Waals surface area contributed by atoms with E-state index in [-0.39, 0.29) is 25.4 Å². The van der Waals surface area contributed by atoms with Gasteiger partial charge in [-0.3, -0.25) is 0 Å². The molecule has 82 valence electrons. The highest BCUT2D eigenvalue weighted by atomic mass is 16.6. The van der Waals surface area contributed by atoms with Crippen LogP contribution in [0.25, 0.3) is 0 Å². The number of rotatable bonds is 3. The van der Waals surface area contributed by atoms with Gasteiger partial charge in [-0.25, -0.2) is 4.79 Å². The second kappa shape index (κ2) is 5.82. The van der Waals surface area contributed by atoms with Crippen LogP contribution in [0.15, 0.2) is 0 Å². The van der Waals surface area contributed by atoms with E-state index in [1.807, 2.05) is 0 Å². The lowest BCUT2D eigenvalue weighted by Gasteiger charge is -2.30. The summed E-state index contributed by atoms with van der Waals surface area (Å²) in [6.07, 6.45) is 1.68. The maximum absolute atomic E-state index is 11.4. The van der Waals surface area contributed by atoms with Gasteiger partial charge in [-0.1, -0.05) is 0 Å². The number of aliphatic hydroxyl groups is 1. The van der Waals surface area contributed by atoms with E-state index in [9.17, 15) is 4.79 Å². The summed E-state index contributed by atoms with van der Waals surface area (Å²) < 4.78 is 9.98. The summed E-state index contributed by atoms with van der Waals surface area (Å²) in [5, 5.41) is 8.49. The molecule has 1 saturated heterocycles. The van der Waals surface area contributed by atoms with Gasteiger partial charge < -0.3 is 19.5 Å². The van der Waals surface area contributed by atoms with Crippen LogP contribution in [0.1, 0.15) is 12.8 Å². The van der Waals surface area contributed by atoms with Crippen LogP contribution in [-0.2, 0) is 9.47 Å². The minimum atomic E-state index is -0.360. The first kappa shape index (κ1) is 11.3. The highest BCUT2D eigenvalue weighted by Crippen LogP contribution is 2.13. The molecule has 1 N–H and O–H groups in total. The summed E-state index contributed by atoms with van der Waals surface area (Å²) in [6.45, 7) is 1.23. The third-order valence-electron chi connectivity index (χ3n) is 2.29. The number of hydrogen-bond acceptors (Lipinski definition) is 4. The highest BCUT2D eigenvalue weighted by molar-refractivity contribution is 5.67. The molecule has 1 atom stereocenters. The van der Waals surface area contributed by atoms with Crippen LogP contribution < -0.4 is 0 Å². The fourth-order valence-corrected chi connectivity index (χ4v) is 1.52. The molecule has 5 nitrogen and oxygen atoms in total. The van der Waals surface area contributed by atoms with Crippen LogP contribution in [0, 0.1) is 0 Å². The van der Waals surface area contributed by atoms with Gasteiger partial charge in [-0.05, 0) is 12.8 Å². The topological polar surface area (TPSA) is 59.0 Å². The summed E-state index contributed by atoms with van der Waals surface area (Å²) in [7, 11) is 1.65. The Balaban J connectivity index is 2.31. The van der Waals surface area contributed by atoms with E-state index in [0.717, 1.165) is 12.8 Å². The van der Waals surface area contributed by atoms with Gasteiger partial charge in [0.2, 0.25) is 0 Å². The number of carbonyl (C=O) groups excluding carboxylic acids is 1. The lowest BCUT2D eigenvalue weighted by molar-refractivity contribution is 0.0204. The second-order valence-electron chi connectivity index (χ2n) is 3.28.